The molecule has 3 heterocycles. The molecule has 2 saturated heterocycles. The number of piperidine rings is 1. The predicted octanol–water partition coefficient (Wildman–Crippen LogP) is 0.980. The van der Waals surface area contributed by atoms with E-state index >= 15 is 0 Å². The van der Waals surface area contributed by atoms with Gasteiger partial charge in [0.2, 0.25) is 17.6 Å². The minimum Gasteiger partial charge on any atom is -0.356 e. The third kappa shape index (κ3) is 5.47. The predicted molar refractivity (Wildman–Crippen MR) is 139 cm³/mol. The Morgan fingerprint density at radius 1 is 1.10 bits per heavy atom. The van der Waals surface area contributed by atoms with Gasteiger partial charge in [-0.15, -0.1) is 0 Å². The Hall–Kier alpha value is -4.09. The van der Waals surface area contributed by atoms with Gasteiger partial charge in [-0.05, 0) is 68.9 Å². The lowest BCUT2D eigenvalue weighted by atomic mass is 9.86. The van der Waals surface area contributed by atoms with E-state index < -0.39 is 41.5 Å². The van der Waals surface area contributed by atoms with Crippen molar-refractivity contribution >= 4 is 29.4 Å². The number of carbonyl (C=O) groups is 5. The van der Waals surface area contributed by atoms with Crippen LogP contribution in [0.25, 0.3) is 11.5 Å². The fourth-order valence-corrected chi connectivity index (χ4v) is 5.68. The molecule has 4 fully saturated rings. The average Bonchev–Trinajstić information content (AvgIpc) is 3.84. The van der Waals surface area contributed by atoms with Crippen molar-refractivity contribution in [2.75, 3.05) is 13.1 Å². The van der Waals surface area contributed by atoms with E-state index in [2.05, 4.69) is 26.1 Å². The highest BCUT2D eigenvalue weighted by molar-refractivity contribution is 6.38. The zero-order valence-electron chi connectivity index (χ0n) is 22.1. The van der Waals surface area contributed by atoms with Crippen LogP contribution in [0.15, 0.2) is 34.9 Å². The Balaban J connectivity index is 1.21. The van der Waals surface area contributed by atoms with E-state index in [1.54, 1.807) is 12.1 Å². The van der Waals surface area contributed by atoms with Crippen molar-refractivity contribution in [2.24, 2.45) is 11.3 Å². The number of nitrogens with one attached hydrogen (secondary N) is 3. The van der Waals surface area contributed by atoms with Gasteiger partial charge in [-0.3, -0.25) is 24.0 Å². The molecule has 4 amide bonds. The lowest BCUT2D eigenvalue weighted by Crippen LogP contribution is -2.58. The number of likely N-dealkylation sites (tertiary alicyclic amines) is 1. The van der Waals surface area contributed by atoms with Crippen LogP contribution in [0.1, 0.15) is 62.0 Å². The lowest BCUT2D eigenvalue weighted by molar-refractivity contribution is -0.141. The largest absolute Gasteiger partial charge is 0.356 e. The van der Waals surface area contributed by atoms with Crippen LogP contribution in [0.3, 0.4) is 0 Å². The molecule has 4 aliphatic rings. The Morgan fingerprint density at radius 3 is 2.55 bits per heavy atom. The third-order valence-corrected chi connectivity index (χ3v) is 8.50. The van der Waals surface area contributed by atoms with E-state index in [1.165, 1.54) is 4.90 Å². The van der Waals surface area contributed by atoms with E-state index in [-0.39, 0.29) is 35.5 Å². The normalized spacial score (nSPS) is 23.8. The van der Waals surface area contributed by atoms with Crippen molar-refractivity contribution in [1.82, 2.24) is 31.0 Å². The molecule has 2 saturated carbocycles. The average molecular weight is 549 g/mol. The second kappa shape index (κ2) is 10.5. The van der Waals surface area contributed by atoms with Crippen molar-refractivity contribution in [3.63, 3.8) is 0 Å². The molecule has 2 aliphatic carbocycles. The molecule has 1 spiro atoms. The fraction of sp³-hybridized carbons (Fsp3) is 0.536. The van der Waals surface area contributed by atoms with E-state index in [1.807, 2.05) is 18.2 Å². The molecule has 1 unspecified atom stereocenters. The highest BCUT2D eigenvalue weighted by Crippen LogP contribution is 2.55. The number of rotatable bonds is 9. The molecular weight excluding hydrogens is 516 g/mol. The van der Waals surface area contributed by atoms with Crippen LogP contribution in [0.2, 0.25) is 0 Å². The summed E-state index contributed by atoms with van der Waals surface area (Å²) in [6.45, 7) is 0.813. The van der Waals surface area contributed by atoms with Gasteiger partial charge in [-0.1, -0.05) is 23.4 Å². The number of carbonyl (C=O) groups excluding carboxylic acids is 5. The van der Waals surface area contributed by atoms with Gasteiger partial charge in [0, 0.05) is 30.6 Å². The maximum Gasteiger partial charge on any atom is 0.295 e. The van der Waals surface area contributed by atoms with E-state index in [9.17, 15) is 24.0 Å². The van der Waals surface area contributed by atoms with Crippen molar-refractivity contribution in [3.05, 3.63) is 36.2 Å². The maximum absolute atomic E-state index is 13.8. The topological polar surface area (TPSA) is 164 Å². The van der Waals surface area contributed by atoms with Crippen LogP contribution in [0.4, 0.5) is 0 Å². The Bertz CT molecular complexity index is 1330. The van der Waals surface area contributed by atoms with Crippen LogP contribution in [0.5, 0.6) is 0 Å². The molecule has 2 aliphatic heterocycles. The van der Waals surface area contributed by atoms with Gasteiger partial charge < -0.3 is 25.4 Å². The van der Waals surface area contributed by atoms with Gasteiger partial charge in [-0.2, -0.15) is 4.98 Å². The van der Waals surface area contributed by atoms with E-state index in [4.69, 9.17) is 4.52 Å². The number of aromatic nitrogens is 2. The number of hydrogen-bond donors (Lipinski definition) is 3. The number of Topliss-reactive ketones (excluding diaryl/α,β-unsaturated/α-hetero) is 1. The van der Waals surface area contributed by atoms with Crippen molar-refractivity contribution < 1.29 is 28.5 Å². The molecule has 6 rings (SSSR count). The summed E-state index contributed by atoms with van der Waals surface area (Å²) in [5.74, 6) is -3.24. The van der Waals surface area contributed by atoms with Crippen LogP contribution >= 0.6 is 0 Å². The van der Waals surface area contributed by atoms with Gasteiger partial charge in [0.05, 0.1) is 6.04 Å². The Kier molecular flexibility index (Phi) is 6.85. The first-order valence-electron chi connectivity index (χ1n) is 13.9. The standard InChI is InChI=1S/C28H32N6O6/c35-21(25(38)30-18-6-7-18)19(14-17-8-12-29-23(17)36)31-24(37)20-15-28(9-10-28)11-13-34(20)27(39)22-32-26(40-33-22)16-4-2-1-3-5-16/h1-5,17-20H,6-15H2,(H,29,36)(H,30,38)(H,31,37)/t17-,19?,20-/m0/s1. The molecule has 3 atom stereocenters. The molecule has 1 aromatic heterocycles. The summed E-state index contributed by atoms with van der Waals surface area (Å²) in [7, 11) is 0. The van der Waals surface area contributed by atoms with Gasteiger partial charge in [0.1, 0.15) is 6.04 Å². The fourth-order valence-electron chi connectivity index (χ4n) is 5.68. The van der Waals surface area contributed by atoms with Gasteiger partial charge in [0.15, 0.2) is 0 Å². The zero-order valence-corrected chi connectivity index (χ0v) is 22.1. The number of amides is 4. The molecule has 1 aromatic carbocycles. The first-order valence-corrected chi connectivity index (χ1v) is 13.9. The first-order chi connectivity index (χ1) is 19.3. The summed E-state index contributed by atoms with van der Waals surface area (Å²) in [5, 5.41) is 12.0. The summed E-state index contributed by atoms with van der Waals surface area (Å²) in [6.07, 6.45) is 5.27. The highest BCUT2D eigenvalue weighted by Gasteiger charge is 2.52. The molecule has 210 valence electrons. The number of ketones is 1. The summed E-state index contributed by atoms with van der Waals surface area (Å²) < 4.78 is 5.32. The van der Waals surface area contributed by atoms with Crippen LogP contribution < -0.4 is 16.0 Å². The van der Waals surface area contributed by atoms with Gasteiger partial charge in [0.25, 0.3) is 23.5 Å². The third-order valence-electron chi connectivity index (χ3n) is 8.50. The quantitative estimate of drug-likeness (QED) is 0.391. The van der Waals surface area contributed by atoms with E-state index in [0.29, 0.717) is 31.5 Å². The smallest absolute Gasteiger partial charge is 0.295 e. The van der Waals surface area contributed by atoms with E-state index in [0.717, 1.165) is 32.1 Å². The zero-order chi connectivity index (χ0) is 27.9. The molecular formula is C28H32N6O6. The van der Waals surface area contributed by atoms with Crippen LogP contribution in [-0.4, -0.2) is 75.7 Å². The SMILES string of the molecule is O=C(NC1CC1)C(=O)C(C[C@@H]1CCNC1=O)NC(=O)[C@@H]1CC2(CCN1C(=O)c1noc(-c3ccccc3)n1)CC2. The van der Waals surface area contributed by atoms with Crippen LogP contribution in [-0.2, 0) is 19.2 Å². The number of nitrogens with zero attached hydrogens (tertiary/aromatic N) is 3. The van der Waals surface area contributed by atoms with Gasteiger partial charge >= 0.3 is 0 Å². The minimum absolute atomic E-state index is 0.0145. The Labute approximate surface area is 230 Å². The molecule has 12 nitrogen and oxygen atoms in total. The lowest BCUT2D eigenvalue weighted by Gasteiger charge is -2.39. The second-order valence-electron chi connectivity index (χ2n) is 11.4. The van der Waals surface area contributed by atoms with Crippen molar-refractivity contribution in [1.29, 1.82) is 0 Å². The molecule has 12 heteroatoms. The number of hydrogen-bond acceptors (Lipinski definition) is 8. The first kappa shape index (κ1) is 26.1. The highest BCUT2D eigenvalue weighted by atomic mass is 16.5. The maximum atomic E-state index is 13.8. The molecule has 40 heavy (non-hydrogen) atoms. The molecule has 0 radical (unpaired) electrons. The van der Waals surface area contributed by atoms with Crippen molar-refractivity contribution in [3.8, 4) is 11.5 Å². The molecule has 3 N–H and O–H groups in total. The molecule has 0 bridgehead atoms. The summed E-state index contributed by atoms with van der Waals surface area (Å²) in [4.78, 5) is 71.1. The van der Waals surface area contributed by atoms with Crippen molar-refractivity contribution in [2.45, 2.75) is 69.5 Å². The summed E-state index contributed by atoms with van der Waals surface area (Å²) in [5.41, 5.74) is 0.653. The Morgan fingerprint density at radius 2 is 1.88 bits per heavy atom. The van der Waals surface area contributed by atoms with Crippen LogP contribution in [0, 0.1) is 11.3 Å². The van der Waals surface area contributed by atoms with Gasteiger partial charge in [-0.25, -0.2) is 0 Å². The second-order valence-corrected chi connectivity index (χ2v) is 11.4. The number of benzene rings is 1. The summed E-state index contributed by atoms with van der Waals surface area (Å²) >= 11 is 0. The summed E-state index contributed by atoms with van der Waals surface area (Å²) in [6, 6.07) is 6.99. The monoisotopic (exact) mass is 548 g/mol. The minimum atomic E-state index is -1.18. The molecule has 2 aromatic rings.